The molecule has 0 radical (unpaired) electrons. The second-order valence-corrected chi connectivity index (χ2v) is 6.65. The van der Waals surface area contributed by atoms with Gasteiger partial charge in [-0.05, 0) is 35.4 Å². The highest BCUT2D eigenvalue weighted by molar-refractivity contribution is 5.77. The van der Waals surface area contributed by atoms with Gasteiger partial charge in [0.25, 0.3) is 0 Å². The van der Waals surface area contributed by atoms with E-state index in [1.165, 1.54) is 36.7 Å². The van der Waals surface area contributed by atoms with Crippen molar-refractivity contribution in [2.75, 3.05) is 0 Å². The van der Waals surface area contributed by atoms with Crippen molar-refractivity contribution >= 4 is 12.4 Å². The summed E-state index contributed by atoms with van der Waals surface area (Å²) in [4.78, 5) is 15.2. The van der Waals surface area contributed by atoms with Crippen LogP contribution in [-0.4, -0.2) is 22.4 Å². The molecule has 0 aliphatic rings. The second-order valence-electron chi connectivity index (χ2n) is 6.65. The molecule has 1 aromatic carbocycles. The largest absolute Gasteiger partial charge is 0.433 e. The molecule has 0 N–H and O–H groups in total. The highest BCUT2D eigenvalue weighted by atomic mass is 19.4. The van der Waals surface area contributed by atoms with Gasteiger partial charge in [-0.15, -0.1) is 0 Å². The van der Waals surface area contributed by atoms with Gasteiger partial charge >= 0.3 is 12.4 Å². The van der Waals surface area contributed by atoms with E-state index in [1.807, 2.05) is 0 Å². The number of nitrogens with zero attached hydrogens (tertiary/aromatic N) is 4. The van der Waals surface area contributed by atoms with Crippen molar-refractivity contribution in [2.24, 2.45) is 9.98 Å². The standard InChI is InChI=1S/C22H16F6N4/c23-21(24,25)19-5-1-3-17(31-19)13-29-11-15-7-9-16(10-8-15)12-30-14-18-4-2-6-20(32-18)22(26,27)28/h1-10,13-14H,11-12H2. The maximum Gasteiger partial charge on any atom is 0.433 e. The number of hydrogen-bond donors (Lipinski definition) is 0. The Hall–Kier alpha value is -3.56. The zero-order valence-electron chi connectivity index (χ0n) is 16.4. The fraction of sp³-hybridized carbons (Fsp3) is 0.182. The van der Waals surface area contributed by atoms with Crippen molar-refractivity contribution < 1.29 is 26.3 Å². The zero-order chi connectivity index (χ0) is 23.2. The molecule has 0 saturated heterocycles. The molecule has 0 aliphatic heterocycles. The molecule has 3 aromatic rings. The van der Waals surface area contributed by atoms with E-state index in [0.29, 0.717) is 0 Å². The Kier molecular flexibility index (Phi) is 7.01. The number of aromatic nitrogens is 2. The molecule has 0 bridgehead atoms. The summed E-state index contributed by atoms with van der Waals surface area (Å²) in [5.41, 5.74) is -0.109. The lowest BCUT2D eigenvalue weighted by atomic mass is 10.1. The lowest BCUT2D eigenvalue weighted by molar-refractivity contribution is -0.142. The summed E-state index contributed by atoms with van der Waals surface area (Å²) < 4.78 is 76.1. The van der Waals surface area contributed by atoms with Crippen molar-refractivity contribution in [1.82, 2.24) is 9.97 Å². The smallest absolute Gasteiger partial charge is 0.286 e. The summed E-state index contributed by atoms with van der Waals surface area (Å²) in [6.45, 7) is 0.491. The first-order valence-corrected chi connectivity index (χ1v) is 9.27. The van der Waals surface area contributed by atoms with Gasteiger partial charge in [-0.25, -0.2) is 9.97 Å². The molecule has 0 atom stereocenters. The van der Waals surface area contributed by atoms with Crippen molar-refractivity contribution in [3.8, 4) is 0 Å². The number of hydrogen-bond acceptors (Lipinski definition) is 4. The van der Waals surface area contributed by atoms with Gasteiger partial charge in [-0.2, -0.15) is 26.3 Å². The molecule has 2 aromatic heterocycles. The van der Waals surface area contributed by atoms with Gasteiger partial charge in [0.1, 0.15) is 11.4 Å². The third-order valence-electron chi connectivity index (χ3n) is 4.14. The third-order valence-corrected chi connectivity index (χ3v) is 4.14. The van der Waals surface area contributed by atoms with E-state index >= 15 is 0 Å². The quantitative estimate of drug-likeness (QED) is 0.355. The molecule has 0 saturated carbocycles. The van der Waals surface area contributed by atoms with Crippen LogP contribution in [0, 0.1) is 0 Å². The van der Waals surface area contributed by atoms with Crippen LogP contribution in [0.4, 0.5) is 26.3 Å². The minimum Gasteiger partial charge on any atom is -0.286 e. The molecule has 10 heteroatoms. The average Bonchev–Trinajstić information content (AvgIpc) is 2.74. The van der Waals surface area contributed by atoms with Crippen molar-refractivity contribution in [3.05, 3.63) is 94.6 Å². The molecule has 0 spiro atoms. The lowest BCUT2D eigenvalue weighted by Gasteiger charge is -2.05. The number of pyridine rings is 2. The van der Waals surface area contributed by atoms with Crippen LogP contribution in [0.15, 0.2) is 70.6 Å². The van der Waals surface area contributed by atoms with E-state index < -0.39 is 23.7 Å². The average molecular weight is 450 g/mol. The number of benzene rings is 1. The number of aliphatic imine (C=N–C) groups is 2. The summed E-state index contributed by atoms with van der Waals surface area (Å²) in [7, 11) is 0. The van der Waals surface area contributed by atoms with E-state index in [2.05, 4.69) is 20.0 Å². The van der Waals surface area contributed by atoms with Gasteiger partial charge in [-0.3, -0.25) is 9.98 Å². The zero-order valence-corrected chi connectivity index (χ0v) is 16.4. The summed E-state index contributed by atoms with van der Waals surface area (Å²) in [5, 5.41) is 0. The van der Waals surface area contributed by atoms with Crippen molar-refractivity contribution in [3.63, 3.8) is 0 Å². The molecule has 0 aliphatic carbocycles. The van der Waals surface area contributed by atoms with Crippen LogP contribution in [0.2, 0.25) is 0 Å². The number of alkyl halides is 6. The third kappa shape index (κ3) is 6.73. The van der Waals surface area contributed by atoms with E-state index in [-0.39, 0.29) is 24.5 Å². The Morgan fingerprint density at radius 3 is 1.31 bits per heavy atom. The van der Waals surface area contributed by atoms with Crippen molar-refractivity contribution in [1.29, 1.82) is 0 Å². The summed E-state index contributed by atoms with van der Waals surface area (Å²) in [6.07, 6.45) is -6.48. The molecule has 0 fully saturated rings. The predicted molar refractivity (Wildman–Crippen MR) is 108 cm³/mol. The molecular formula is C22H16F6N4. The molecule has 2 heterocycles. The van der Waals surface area contributed by atoms with E-state index in [1.54, 1.807) is 24.3 Å². The molecular weight excluding hydrogens is 434 g/mol. The predicted octanol–water partition coefficient (Wildman–Crippen LogP) is 5.75. The van der Waals surface area contributed by atoms with E-state index in [0.717, 1.165) is 23.3 Å². The SMILES string of the molecule is FC(F)(F)c1cccc(C=NCc2ccc(CN=Cc3cccc(C(F)(F)F)n3)cc2)n1. The monoisotopic (exact) mass is 450 g/mol. The topological polar surface area (TPSA) is 50.5 Å². The van der Waals surface area contributed by atoms with Gasteiger partial charge in [0.2, 0.25) is 0 Å². The molecule has 0 amide bonds. The summed E-state index contributed by atoms with van der Waals surface area (Å²) in [6, 6.07) is 14.3. The summed E-state index contributed by atoms with van der Waals surface area (Å²) >= 11 is 0. The highest BCUT2D eigenvalue weighted by Gasteiger charge is 2.32. The molecule has 4 nitrogen and oxygen atoms in total. The first kappa shape index (κ1) is 23.1. The normalized spacial score (nSPS) is 12.7. The minimum absolute atomic E-state index is 0.106. The Labute approximate surface area is 179 Å². The van der Waals surface area contributed by atoms with Gasteiger partial charge in [0.05, 0.1) is 24.5 Å². The Balaban J connectivity index is 1.56. The van der Waals surface area contributed by atoms with Crippen LogP contribution in [0.1, 0.15) is 33.9 Å². The van der Waals surface area contributed by atoms with Crippen LogP contribution in [0.5, 0.6) is 0 Å². The van der Waals surface area contributed by atoms with Crippen LogP contribution in [-0.2, 0) is 25.4 Å². The maximum absolute atomic E-state index is 12.7. The lowest BCUT2D eigenvalue weighted by Crippen LogP contribution is -2.08. The number of rotatable bonds is 6. The Morgan fingerprint density at radius 1 is 0.594 bits per heavy atom. The van der Waals surface area contributed by atoms with Crippen LogP contribution in [0.25, 0.3) is 0 Å². The minimum atomic E-state index is -4.51. The number of halogens is 6. The fourth-order valence-electron chi connectivity index (χ4n) is 2.60. The van der Waals surface area contributed by atoms with Crippen LogP contribution >= 0.6 is 0 Å². The first-order valence-electron chi connectivity index (χ1n) is 9.27. The van der Waals surface area contributed by atoms with Gasteiger partial charge in [0.15, 0.2) is 0 Å². The molecule has 166 valence electrons. The molecule has 32 heavy (non-hydrogen) atoms. The van der Waals surface area contributed by atoms with E-state index in [4.69, 9.17) is 0 Å². The maximum atomic E-state index is 12.7. The van der Waals surface area contributed by atoms with Gasteiger partial charge < -0.3 is 0 Å². The second kappa shape index (κ2) is 9.71. The first-order chi connectivity index (χ1) is 15.1. The molecule has 3 rings (SSSR count). The Bertz CT molecular complexity index is 1010. The van der Waals surface area contributed by atoms with Crippen molar-refractivity contribution in [2.45, 2.75) is 25.4 Å². The van der Waals surface area contributed by atoms with E-state index in [9.17, 15) is 26.3 Å². The van der Waals surface area contributed by atoms with Gasteiger partial charge in [0, 0.05) is 12.4 Å². The molecule has 0 unspecified atom stereocenters. The van der Waals surface area contributed by atoms with Crippen LogP contribution in [0.3, 0.4) is 0 Å². The summed E-state index contributed by atoms with van der Waals surface area (Å²) in [5.74, 6) is 0. The van der Waals surface area contributed by atoms with Crippen LogP contribution < -0.4 is 0 Å². The fourth-order valence-corrected chi connectivity index (χ4v) is 2.60. The highest BCUT2D eigenvalue weighted by Crippen LogP contribution is 2.28. The Morgan fingerprint density at radius 2 is 0.969 bits per heavy atom. The van der Waals surface area contributed by atoms with Gasteiger partial charge in [-0.1, -0.05) is 36.4 Å².